The van der Waals surface area contributed by atoms with Crippen LogP contribution in [-0.2, 0) is 4.74 Å². The summed E-state index contributed by atoms with van der Waals surface area (Å²) in [5.41, 5.74) is 6.28. The van der Waals surface area contributed by atoms with E-state index >= 15 is 0 Å². The van der Waals surface area contributed by atoms with Gasteiger partial charge < -0.3 is 20.5 Å². The van der Waals surface area contributed by atoms with Gasteiger partial charge in [0, 0.05) is 6.61 Å². The molecule has 1 aliphatic heterocycles. The van der Waals surface area contributed by atoms with Crippen molar-refractivity contribution in [3.63, 3.8) is 0 Å². The molecular formula is C12H20N4O2. The summed E-state index contributed by atoms with van der Waals surface area (Å²) in [6.07, 6.45) is 2.48. The summed E-state index contributed by atoms with van der Waals surface area (Å²) in [5.74, 6) is 1.03. The van der Waals surface area contributed by atoms with Crippen LogP contribution in [0.1, 0.15) is 27.2 Å². The lowest BCUT2D eigenvalue weighted by Gasteiger charge is -2.30. The number of nitrogens with two attached hydrogens (primary N) is 1. The van der Waals surface area contributed by atoms with Crippen LogP contribution in [0.3, 0.4) is 0 Å². The lowest BCUT2D eigenvalue weighted by Crippen LogP contribution is -2.41. The molecule has 0 bridgehead atoms. The van der Waals surface area contributed by atoms with Crippen LogP contribution in [0.25, 0.3) is 0 Å². The molecule has 6 nitrogen and oxygen atoms in total. The van der Waals surface area contributed by atoms with E-state index in [9.17, 15) is 0 Å². The van der Waals surface area contributed by atoms with Gasteiger partial charge in [0.05, 0.1) is 18.2 Å². The third kappa shape index (κ3) is 2.33. The zero-order chi connectivity index (χ0) is 13.2. The van der Waals surface area contributed by atoms with E-state index in [0.29, 0.717) is 24.0 Å². The summed E-state index contributed by atoms with van der Waals surface area (Å²) in [5, 5.41) is 3.35. The van der Waals surface area contributed by atoms with E-state index in [1.807, 2.05) is 13.8 Å². The molecule has 2 unspecified atom stereocenters. The predicted molar refractivity (Wildman–Crippen MR) is 69.7 cm³/mol. The van der Waals surface area contributed by atoms with Crippen molar-refractivity contribution in [3.8, 4) is 5.88 Å². The molecule has 0 radical (unpaired) electrons. The molecule has 0 aromatic carbocycles. The van der Waals surface area contributed by atoms with Gasteiger partial charge in [-0.3, -0.25) is 0 Å². The highest BCUT2D eigenvalue weighted by molar-refractivity contribution is 5.67. The summed E-state index contributed by atoms with van der Waals surface area (Å²) >= 11 is 0. The van der Waals surface area contributed by atoms with Gasteiger partial charge in [0.2, 0.25) is 5.88 Å². The van der Waals surface area contributed by atoms with E-state index in [1.54, 1.807) is 0 Å². The molecule has 100 valence electrons. The predicted octanol–water partition coefficient (Wildman–Crippen LogP) is 1.44. The first kappa shape index (κ1) is 12.9. The van der Waals surface area contributed by atoms with E-state index < -0.39 is 0 Å². The van der Waals surface area contributed by atoms with Gasteiger partial charge in [-0.05, 0) is 27.2 Å². The quantitative estimate of drug-likeness (QED) is 0.843. The number of hydrogen-bond acceptors (Lipinski definition) is 6. The molecule has 0 spiro atoms. The Morgan fingerprint density at radius 2 is 2.39 bits per heavy atom. The minimum Gasteiger partial charge on any atom is -0.476 e. The number of anilines is 2. The summed E-state index contributed by atoms with van der Waals surface area (Å²) in [6.45, 7) is 7.31. The number of rotatable bonds is 4. The van der Waals surface area contributed by atoms with E-state index in [1.165, 1.54) is 6.33 Å². The number of nitrogen functional groups attached to an aromatic ring is 1. The van der Waals surface area contributed by atoms with Crippen molar-refractivity contribution in [2.75, 3.05) is 24.3 Å². The minimum atomic E-state index is -0.161. The summed E-state index contributed by atoms with van der Waals surface area (Å²) in [4.78, 5) is 8.20. The van der Waals surface area contributed by atoms with Crippen LogP contribution in [0.4, 0.5) is 11.5 Å². The van der Waals surface area contributed by atoms with Crippen LogP contribution in [0.5, 0.6) is 5.88 Å². The Balaban J connectivity index is 2.21. The van der Waals surface area contributed by atoms with Gasteiger partial charge in [-0.25, -0.2) is 4.98 Å². The Bertz CT molecular complexity index is 427. The zero-order valence-corrected chi connectivity index (χ0v) is 11.1. The molecule has 6 heteroatoms. The summed E-state index contributed by atoms with van der Waals surface area (Å²) < 4.78 is 10.9. The van der Waals surface area contributed by atoms with Crippen LogP contribution >= 0.6 is 0 Å². The topological polar surface area (TPSA) is 82.3 Å². The highest BCUT2D eigenvalue weighted by Gasteiger charge is 2.37. The van der Waals surface area contributed by atoms with Gasteiger partial charge in [-0.2, -0.15) is 4.98 Å². The van der Waals surface area contributed by atoms with E-state index in [-0.39, 0.29) is 11.6 Å². The molecule has 2 rings (SSSR count). The van der Waals surface area contributed by atoms with Crippen LogP contribution in [0.15, 0.2) is 6.33 Å². The fraction of sp³-hybridized carbons (Fsp3) is 0.667. The maximum absolute atomic E-state index is 6.00. The molecule has 2 atom stereocenters. The average molecular weight is 252 g/mol. The van der Waals surface area contributed by atoms with Gasteiger partial charge in [0.1, 0.15) is 12.0 Å². The molecule has 1 fully saturated rings. The summed E-state index contributed by atoms with van der Waals surface area (Å²) in [7, 11) is 0. The molecule has 1 saturated heterocycles. The molecule has 18 heavy (non-hydrogen) atoms. The molecule has 2 heterocycles. The molecule has 1 aliphatic rings. The lowest BCUT2D eigenvalue weighted by atomic mass is 9.95. The maximum atomic E-state index is 6.00. The first-order valence-corrected chi connectivity index (χ1v) is 6.20. The second-order valence-corrected chi connectivity index (χ2v) is 4.68. The van der Waals surface area contributed by atoms with Gasteiger partial charge in [0.15, 0.2) is 5.82 Å². The third-order valence-electron chi connectivity index (χ3n) is 3.42. The monoisotopic (exact) mass is 252 g/mol. The molecule has 1 aromatic heterocycles. The number of hydrogen-bond donors (Lipinski definition) is 2. The van der Waals surface area contributed by atoms with Crippen LogP contribution in [0, 0.1) is 0 Å². The molecule has 1 aromatic rings. The SMILES string of the molecule is CCOc1ncnc(NC2(C)CCOC2C)c1N. The van der Waals surface area contributed by atoms with E-state index in [0.717, 1.165) is 13.0 Å². The van der Waals surface area contributed by atoms with Crippen LogP contribution in [-0.4, -0.2) is 34.8 Å². The van der Waals surface area contributed by atoms with Crippen molar-refractivity contribution in [2.45, 2.75) is 38.8 Å². The van der Waals surface area contributed by atoms with Crippen molar-refractivity contribution in [1.82, 2.24) is 9.97 Å². The van der Waals surface area contributed by atoms with E-state index in [2.05, 4.69) is 22.2 Å². The summed E-state index contributed by atoms with van der Waals surface area (Å²) in [6, 6.07) is 0. The third-order valence-corrected chi connectivity index (χ3v) is 3.42. The highest BCUT2D eigenvalue weighted by Crippen LogP contribution is 2.32. The first-order valence-electron chi connectivity index (χ1n) is 6.20. The largest absolute Gasteiger partial charge is 0.476 e. The van der Waals surface area contributed by atoms with Gasteiger partial charge in [-0.15, -0.1) is 0 Å². The molecule has 3 N–H and O–H groups in total. The van der Waals surface area contributed by atoms with Crippen molar-refractivity contribution in [3.05, 3.63) is 6.33 Å². The lowest BCUT2D eigenvalue weighted by molar-refractivity contribution is 0.105. The van der Waals surface area contributed by atoms with Crippen molar-refractivity contribution in [2.24, 2.45) is 0 Å². The zero-order valence-electron chi connectivity index (χ0n) is 11.1. The smallest absolute Gasteiger partial charge is 0.242 e. The minimum absolute atomic E-state index is 0.113. The Kier molecular flexibility index (Phi) is 3.56. The number of nitrogens with one attached hydrogen (secondary N) is 1. The highest BCUT2D eigenvalue weighted by atomic mass is 16.5. The second-order valence-electron chi connectivity index (χ2n) is 4.68. The van der Waals surface area contributed by atoms with Gasteiger partial charge in [-0.1, -0.05) is 0 Å². The molecular weight excluding hydrogens is 232 g/mol. The standard InChI is InChI=1S/C12H20N4O2/c1-4-17-11-9(13)10(14-7-15-11)16-12(3)5-6-18-8(12)2/h7-8H,4-6,13H2,1-3H3,(H,14,15,16). The van der Waals surface area contributed by atoms with Crippen molar-refractivity contribution >= 4 is 11.5 Å². The Hall–Kier alpha value is -1.56. The van der Waals surface area contributed by atoms with Crippen molar-refractivity contribution < 1.29 is 9.47 Å². The fourth-order valence-corrected chi connectivity index (χ4v) is 2.00. The van der Waals surface area contributed by atoms with Crippen LogP contribution in [0.2, 0.25) is 0 Å². The number of aromatic nitrogens is 2. The number of ether oxygens (including phenoxy) is 2. The normalized spacial score (nSPS) is 27.2. The fourth-order valence-electron chi connectivity index (χ4n) is 2.00. The maximum Gasteiger partial charge on any atom is 0.242 e. The average Bonchev–Trinajstić information content (AvgIpc) is 2.65. The van der Waals surface area contributed by atoms with Gasteiger partial charge >= 0.3 is 0 Å². The molecule has 0 saturated carbocycles. The number of nitrogens with zero attached hydrogens (tertiary/aromatic N) is 2. The second kappa shape index (κ2) is 4.97. The first-order chi connectivity index (χ1) is 8.57. The Labute approximate surface area is 107 Å². The molecule has 0 amide bonds. The Morgan fingerprint density at radius 1 is 1.61 bits per heavy atom. The molecule has 0 aliphatic carbocycles. The Morgan fingerprint density at radius 3 is 3.00 bits per heavy atom. The van der Waals surface area contributed by atoms with E-state index in [4.69, 9.17) is 15.2 Å². The van der Waals surface area contributed by atoms with Crippen molar-refractivity contribution in [1.29, 1.82) is 0 Å². The van der Waals surface area contributed by atoms with Crippen LogP contribution < -0.4 is 15.8 Å². The van der Waals surface area contributed by atoms with Gasteiger partial charge in [0.25, 0.3) is 0 Å².